The van der Waals surface area contributed by atoms with Crippen LogP contribution in [0.1, 0.15) is 31.0 Å². The van der Waals surface area contributed by atoms with Crippen LogP contribution in [-0.2, 0) is 0 Å². The molecule has 0 aliphatic rings. The van der Waals surface area contributed by atoms with Gasteiger partial charge < -0.3 is 5.73 Å². The van der Waals surface area contributed by atoms with Gasteiger partial charge in [-0.2, -0.15) is 5.26 Å². The van der Waals surface area contributed by atoms with Crippen LogP contribution in [-0.4, -0.2) is 0 Å². The Bertz CT molecular complexity index is 366. The van der Waals surface area contributed by atoms with Crippen LogP contribution in [0.3, 0.4) is 0 Å². The van der Waals surface area contributed by atoms with Gasteiger partial charge in [0.05, 0.1) is 11.6 Å². The van der Waals surface area contributed by atoms with E-state index in [-0.39, 0.29) is 12.0 Å². The third-order valence-corrected chi connectivity index (χ3v) is 2.15. The van der Waals surface area contributed by atoms with Crippen molar-refractivity contribution in [3.8, 4) is 6.07 Å². The number of nitrogens with zero attached hydrogens (tertiary/aromatic N) is 1. The number of hydrogen-bond donors (Lipinski definition) is 1. The van der Waals surface area contributed by atoms with Crippen molar-refractivity contribution < 1.29 is 4.39 Å². The van der Waals surface area contributed by atoms with Crippen molar-refractivity contribution in [1.29, 1.82) is 5.26 Å². The minimum Gasteiger partial charge on any atom is -0.324 e. The molecule has 0 bridgehead atoms. The van der Waals surface area contributed by atoms with Gasteiger partial charge in [-0.25, -0.2) is 4.39 Å². The van der Waals surface area contributed by atoms with Crippen molar-refractivity contribution in [3.63, 3.8) is 0 Å². The summed E-state index contributed by atoms with van der Waals surface area (Å²) < 4.78 is 13.0. The Labute approximate surface area is 83.2 Å². The molecule has 74 valence electrons. The molecule has 0 aliphatic carbocycles. The first-order chi connectivity index (χ1) is 6.54. The second kappa shape index (κ2) is 4.21. The van der Waals surface area contributed by atoms with E-state index in [9.17, 15) is 4.39 Å². The molecule has 1 rings (SSSR count). The fourth-order valence-corrected chi connectivity index (χ4v) is 1.25. The summed E-state index contributed by atoms with van der Waals surface area (Å²) in [6.07, 6.45) is 0. The number of nitriles is 1. The molecule has 1 aromatic rings. The first-order valence-corrected chi connectivity index (χ1v) is 4.50. The van der Waals surface area contributed by atoms with Crippen LogP contribution in [0.4, 0.5) is 4.39 Å². The third kappa shape index (κ3) is 2.30. The Morgan fingerprint density at radius 3 is 2.50 bits per heavy atom. The van der Waals surface area contributed by atoms with E-state index in [2.05, 4.69) is 0 Å². The molecule has 3 heteroatoms. The van der Waals surface area contributed by atoms with E-state index < -0.39 is 5.82 Å². The lowest BCUT2D eigenvalue weighted by Crippen LogP contribution is -2.16. The molecule has 0 fully saturated rings. The Kier molecular flexibility index (Phi) is 3.21. The highest BCUT2D eigenvalue weighted by molar-refractivity contribution is 5.35. The molecule has 0 spiro atoms. The summed E-state index contributed by atoms with van der Waals surface area (Å²) in [5.41, 5.74) is 6.85. The van der Waals surface area contributed by atoms with E-state index in [0.717, 1.165) is 0 Å². The third-order valence-electron chi connectivity index (χ3n) is 2.15. The molecule has 0 heterocycles. The topological polar surface area (TPSA) is 49.8 Å². The average Bonchev–Trinajstić information content (AvgIpc) is 2.15. The van der Waals surface area contributed by atoms with Crippen molar-refractivity contribution in [1.82, 2.24) is 0 Å². The zero-order chi connectivity index (χ0) is 10.7. The van der Waals surface area contributed by atoms with E-state index in [1.165, 1.54) is 12.1 Å². The van der Waals surface area contributed by atoms with Gasteiger partial charge in [-0.15, -0.1) is 0 Å². The monoisotopic (exact) mass is 192 g/mol. The number of rotatable bonds is 2. The van der Waals surface area contributed by atoms with Gasteiger partial charge >= 0.3 is 0 Å². The van der Waals surface area contributed by atoms with Crippen molar-refractivity contribution in [2.24, 2.45) is 11.7 Å². The summed E-state index contributed by atoms with van der Waals surface area (Å²) >= 11 is 0. The van der Waals surface area contributed by atoms with Crippen molar-refractivity contribution >= 4 is 0 Å². The predicted molar refractivity (Wildman–Crippen MR) is 52.9 cm³/mol. The summed E-state index contributed by atoms with van der Waals surface area (Å²) in [4.78, 5) is 0. The summed E-state index contributed by atoms with van der Waals surface area (Å²) in [7, 11) is 0. The van der Waals surface area contributed by atoms with Gasteiger partial charge in [0.2, 0.25) is 0 Å². The van der Waals surface area contributed by atoms with Crippen molar-refractivity contribution in [2.45, 2.75) is 19.9 Å². The average molecular weight is 192 g/mol. The highest BCUT2D eigenvalue weighted by Gasteiger charge is 2.12. The molecule has 2 nitrogen and oxygen atoms in total. The van der Waals surface area contributed by atoms with Gasteiger partial charge in [0, 0.05) is 6.04 Å². The lowest BCUT2D eigenvalue weighted by atomic mass is 9.96. The molecule has 0 amide bonds. The maximum atomic E-state index is 13.0. The molecule has 0 aromatic heterocycles. The quantitative estimate of drug-likeness (QED) is 0.781. The Balaban J connectivity index is 3.10. The maximum absolute atomic E-state index is 13.0. The van der Waals surface area contributed by atoms with Crippen LogP contribution in [0.5, 0.6) is 0 Å². The van der Waals surface area contributed by atoms with E-state index in [1.807, 2.05) is 19.9 Å². The van der Waals surface area contributed by atoms with Gasteiger partial charge in [-0.05, 0) is 29.7 Å². The fourth-order valence-electron chi connectivity index (χ4n) is 1.25. The van der Waals surface area contributed by atoms with Gasteiger partial charge in [0.25, 0.3) is 0 Å². The van der Waals surface area contributed by atoms with Crippen molar-refractivity contribution in [2.75, 3.05) is 0 Å². The van der Waals surface area contributed by atoms with Gasteiger partial charge in [0.15, 0.2) is 0 Å². The first-order valence-electron chi connectivity index (χ1n) is 4.50. The van der Waals surface area contributed by atoms with Gasteiger partial charge in [-0.1, -0.05) is 13.8 Å². The van der Waals surface area contributed by atoms with Crippen LogP contribution in [0.15, 0.2) is 18.2 Å². The van der Waals surface area contributed by atoms with Crippen LogP contribution < -0.4 is 5.73 Å². The Morgan fingerprint density at radius 1 is 1.36 bits per heavy atom. The maximum Gasteiger partial charge on any atom is 0.124 e. The number of benzene rings is 1. The molecule has 1 aromatic carbocycles. The predicted octanol–water partition coefficient (Wildman–Crippen LogP) is 2.35. The molecule has 0 radical (unpaired) electrons. The normalized spacial score (nSPS) is 12.6. The first kappa shape index (κ1) is 10.7. The van der Waals surface area contributed by atoms with E-state index in [1.54, 1.807) is 6.07 Å². The minimum atomic E-state index is -0.407. The Hall–Kier alpha value is -1.40. The molecule has 0 saturated carbocycles. The number of halogens is 1. The van der Waals surface area contributed by atoms with Crippen LogP contribution in [0.2, 0.25) is 0 Å². The zero-order valence-corrected chi connectivity index (χ0v) is 8.29. The smallest absolute Gasteiger partial charge is 0.124 e. The second-order valence-corrected chi connectivity index (χ2v) is 3.65. The SMILES string of the molecule is CC(C)[C@@H](N)c1cc(F)cc(C#N)c1. The lowest BCUT2D eigenvalue weighted by Gasteiger charge is -2.16. The summed E-state index contributed by atoms with van der Waals surface area (Å²) in [5.74, 6) is -0.182. The lowest BCUT2D eigenvalue weighted by molar-refractivity contribution is 0.510. The van der Waals surface area contributed by atoms with E-state index in [0.29, 0.717) is 11.1 Å². The highest BCUT2D eigenvalue weighted by Crippen LogP contribution is 2.20. The zero-order valence-electron chi connectivity index (χ0n) is 8.29. The number of nitrogens with two attached hydrogens (primary N) is 1. The molecule has 0 unspecified atom stereocenters. The summed E-state index contributed by atoms with van der Waals surface area (Å²) in [6.45, 7) is 3.92. The second-order valence-electron chi connectivity index (χ2n) is 3.65. The molecular weight excluding hydrogens is 179 g/mol. The van der Waals surface area contributed by atoms with E-state index >= 15 is 0 Å². The van der Waals surface area contributed by atoms with Crippen molar-refractivity contribution in [3.05, 3.63) is 35.1 Å². The molecule has 0 aliphatic heterocycles. The molecule has 1 atom stereocenters. The summed E-state index contributed by atoms with van der Waals surface area (Å²) in [5, 5.41) is 8.65. The van der Waals surface area contributed by atoms with Crippen LogP contribution in [0, 0.1) is 23.1 Å². The molecule has 14 heavy (non-hydrogen) atoms. The minimum absolute atomic E-state index is 0.224. The summed E-state index contributed by atoms with van der Waals surface area (Å²) in [6, 6.07) is 5.90. The standard InChI is InChI=1S/C11H13FN2/c1-7(2)11(14)9-3-8(6-13)4-10(12)5-9/h3-5,7,11H,14H2,1-2H3/t11-/m1/s1. The molecular formula is C11H13FN2. The Morgan fingerprint density at radius 2 is 2.00 bits per heavy atom. The largest absolute Gasteiger partial charge is 0.324 e. The number of hydrogen-bond acceptors (Lipinski definition) is 2. The highest BCUT2D eigenvalue weighted by atomic mass is 19.1. The van der Waals surface area contributed by atoms with E-state index in [4.69, 9.17) is 11.0 Å². The molecule has 0 saturated heterocycles. The van der Waals surface area contributed by atoms with Gasteiger partial charge in [-0.3, -0.25) is 0 Å². The van der Waals surface area contributed by atoms with Crippen LogP contribution >= 0.6 is 0 Å². The van der Waals surface area contributed by atoms with Crippen LogP contribution in [0.25, 0.3) is 0 Å². The molecule has 2 N–H and O–H groups in total. The van der Waals surface area contributed by atoms with Gasteiger partial charge in [0.1, 0.15) is 5.82 Å². The fraction of sp³-hybridized carbons (Fsp3) is 0.364.